The molecule has 0 saturated carbocycles. The average Bonchev–Trinajstić information content (AvgIpc) is 3.33. The van der Waals surface area contributed by atoms with Crippen LogP contribution in [0.1, 0.15) is 226 Å². The summed E-state index contributed by atoms with van der Waals surface area (Å²) >= 11 is 0. The molecule has 0 aromatic rings. The van der Waals surface area contributed by atoms with Gasteiger partial charge in [0.25, 0.3) is 0 Å². The molecule has 0 aliphatic rings. The Balaban J connectivity index is 4.18. The molecule has 0 spiro atoms. The van der Waals surface area contributed by atoms with Crippen LogP contribution >= 0.6 is 0 Å². The molecule has 0 fully saturated rings. The van der Waals surface area contributed by atoms with Crippen molar-refractivity contribution >= 4 is 17.9 Å². The first kappa shape index (κ1) is 62.8. The maximum Gasteiger partial charge on any atom is 0.306 e. The maximum atomic E-state index is 12.7. The fourth-order valence-electron chi connectivity index (χ4n) is 6.94. The van der Waals surface area contributed by atoms with E-state index in [9.17, 15) is 14.4 Å². The smallest absolute Gasteiger partial charge is 0.306 e. The predicted molar refractivity (Wildman–Crippen MR) is 288 cm³/mol. The summed E-state index contributed by atoms with van der Waals surface area (Å²) in [6.45, 7) is 6.40. The fourth-order valence-corrected chi connectivity index (χ4v) is 6.94. The molecule has 0 heterocycles. The van der Waals surface area contributed by atoms with Crippen molar-refractivity contribution in [2.24, 2.45) is 0 Å². The Kier molecular flexibility index (Phi) is 51.0. The van der Waals surface area contributed by atoms with Crippen molar-refractivity contribution in [3.63, 3.8) is 0 Å². The number of carbonyl (C=O) groups excluding carboxylic acids is 3. The van der Waals surface area contributed by atoms with E-state index in [1.807, 2.05) is 0 Å². The summed E-state index contributed by atoms with van der Waals surface area (Å²) < 4.78 is 16.6. The van der Waals surface area contributed by atoms with Crippen LogP contribution in [0.15, 0.2) is 122 Å². The number of esters is 3. The Morgan fingerprint density at radius 2 is 0.582 bits per heavy atom. The summed E-state index contributed by atoms with van der Waals surface area (Å²) in [6.07, 6.45) is 75.1. The largest absolute Gasteiger partial charge is 0.462 e. The highest BCUT2D eigenvalue weighted by molar-refractivity contribution is 5.71. The summed E-state index contributed by atoms with van der Waals surface area (Å²) in [4.78, 5) is 37.7. The van der Waals surface area contributed by atoms with Crippen LogP contribution in [-0.4, -0.2) is 37.2 Å². The van der Waals surface area contributed by atoms with E-state index in [0.29, 0.717) is 19.3 Å². The molecule has 0 saturated heterocycles. The second kappa shape index (κ2) is 54.4. The topological polar surface area (TPSA) is 78.9 Å². The Bertz CT molecular complexity index is 1440. The molecule has 0 bridgehead atoms. The molecule has 0 aromatic heterocycles. The van der Waals surface area contributed by atoms with Gasteiger partial charge in [0.1, 0.15) is 13.2 Å². The van der Waals surface area contributed by atoms with Crippen LogP contribution in [0.25, 0.3) is 0 Å². The molecule has 378 valence electrons. The van der Waals surface area contributed by atoms with Gasteiger partial charge in [0.05, 0.1) is 0 Å². The molecule has 67 heavy (non-hydrogen) atoms. The minimum Gasteiger partial charge on any atom is -0.462 e. The van der Waals surface area contributed by atoms with Gasteiger partial charge in [-0.1, -0.05) is 232 Å². The van der Waals surface area contributed by atoms with Crippen LogP contribution < -0.4 is 0 Å². The monoisotopic (exact) mass is 927 g/mol. The van der Waals surface area contributed by atoms with Crippen molar-refractivity contribution in [2.75, 3.05) is 13.2 Å². The molecule has 0 N–H and O–H groups in total. The molecule has 0 aliphatic carbocycles. The molecule has 0 aromatic carbocycles. The number of ether oxygens (including phenoxy) is 3. The van der Waals surface area contributed by atoms with E-state index in [-0.39, 0.29) is 31.1 Å². The lowest BCUT2D eigenvalue weighted by Gasteiger charge is -2.18. The van der Waals surface area contributed by atoms with Crippen molar-refractivity contribution in [3.8, 4) is 0 Å². The Morgan fingerprint density at radius 3 is 0.910 bits per heavy atom. The molecule has 1 atom stereocenters. The third-order valence-corrected chi connectivity index (χ3v) is 11.0. The predicted octanol–water partition coefficient (Wildman–Crippen LogP) is 18.1. The van der Waals surface area contributed by atoms with Crippen molar-refractivity contribution in [1.29, 1.82) is 0 Å². The van der Waals surface area contributed by atoms with Crippen molar-refractivity contribution in [1.82, 2.24) is 0 Å². The second-order valence-electron chi connectivity index (χ2n) is 17.4. The first-order chi connectivity index (χ1) is 33.0. The van der Waals surface area contributed by atoms with Gasteiger partial charge in [-0.05, 0) is 96.3 Å². The minimum atomic E-state index is -0.791. The summed E-state index contributed by atoms with van der Waals surface area (Å²) in [5.41, 5.74) is 0. The van der Waals surface area contributed by atoms with Gasteiger partial charge in [-0.3, -0.25) is 14.4 Å². The minimum absolute atomic E-state index is 0.0918. The highest BCUT2D eigenvalue weighted by atomic mass is 16.6. The standard InChI is InChI=1S/C61H98O6/c1-4-7-10-13-16-19-20-21-22-23-24-25-26-27-28-29-30-31-32-33-34-35-36-37-38-39-40-41-42-43-46-48-51-54-60(63)66-57-58(67-61(64)55-52-49-45-18-15-12-9-6-3)56-65-59(62)53-50-47-44-17-14-11-8-5-2/h7,10,16,19,21-22,24-25,27-28,30-31,33-34,36-37,39-40,42-43,58H,4-6,8-9,11-15,17-18,20,23,26,29,32,35,38,41,44-57H2,1-3H3/b10-7-,19-16-,22-21-,25-24-,28-27-,31-30-,34-33-,37-36-,40-39-,43-42-. The second-order valence-corrected chi connectivity index (χ2v) is 17.4. The van der Waals surface area contributed by atoms with Crippen LogP contribution in [0.2, 0.25) is 0 Å². The Morgan fingerprint density at radius 1 is 0.313 bits per heavy atom. The number of allylic oxidation sites excluding steroid dienone is 20. The van der Waals surface area contributed by atoms with E-state index < -0.39 is 6.10 Å². The molecule has 0 amide bonds. The zero-order chi connectivity index (χ0) is 48.6. The normalized spacial score (nSPS) is 13.1. The average molecular weight is 927 g/mol. The van der Waals surface area contributed by atoms with E-state index in [2.05, 4.69) is 142 Å². The third-order valence-electron chi connectivity index (χ3n) is 11.0. The molecule has 1 unspecified atom stereocenters. The van der Waals surface area contributed by atoms with Crippen LogP contribution in [-0.2, 0) is 28.6 Å². The van der Waals surface area contributed by atoms with Crippen LogP contribution in [0.3, 0.4) is 0 Å². The molecule has 0 rings (SSSR count). The van der Waals surface area contributed by atoms with Crippen LogP contribution in [0.5, 0.6) is 0 Å². The first-order valence-corrected chi connectivity index (χ1v) is 27.0. The SMILES string of the molecule is CC/C=C\C/C=C\C/C=C\C/C=C\C/C=C\C/C=C\C/C=C\C/C=C\C/C=C\C/C=C\CCCCC(=O)OCC(COC(=O)CCCCCCCCCC)OC(=O)CCCCCCCCCC. The number of rotatable bonds is 47. The highest BCUT2D eigenvalue weighted by Gasteiger charge is 2.19. The quantitative estimate of drug-likeness (QED) is 0.0262. The third kappa shape index (κ3) is 52.6. The lowest BCUT2D eigenvalue weighted by atomic mass is 10.1. The number of carbonyl (C=O) groups is 3. The first-order valence-electron chi connectivity index (χ1n) is 27.0. The molecule has 0 aliphatic heterocycles. The van der Waals surface area contributed by atoms with E-state index >= 15 is 0 Å². The van der Waals surface area contributed by atoms with Gasteiger partial charge in [-0.25, -0.2) is 0 Å². The van der Waals surface area contributed by atoms with E-state index in [4.69, 9.17) is 14.2 Å². The molecule has 6 heteroatoms. The number of hydrogen-bond acceptors (Lipinski definition) is 6. The summed E-state index contributed by atoms with van der Waals surface area (Å²) in [6, 6.07) is 0. The van der Waals surface area contributed by atoms with E-state index in [0.717, 1.165) is 122 Å². The molecule has 6 nitrogen and oxygen atoms in total. The van der Waals surface area contributed by atoms with Crippen molar-refractivity contribution in [2.45, 2.75) is 232 Å². The van der Waals surface area contributed by atoms with Gasteiger partial charge in [0.15, 0.2) is 6.10 Å². The maximum absolute atomic E-state index is 12.7. The van der Waals surface area contributed by atoms with Crippen molar-refractivity contribution < 1.29 is 28.6 Å². The summed E-state index contributed by atoms with van der Waals surface area (Å²) in [7, 11) is 0. The van der Waals surface area contributed by atoms with Crippen molar-refractivity contribution in [3.05, 3.63) is 122 Å². The van der Waals surface area contributed by atoms with Gasteiger partial charge in [-0.15, -0.1) is 0 Å². The van der Waals surface area contributed by atoms with E-state index in [1.54, 1.807) is 0 Å². The zero-order valence-electron chi connectivity index (χ0n) is 43.1. The van der Waals surface area contributed by atoms with Gasteiger partial charge in [-0.2, -0.15) is 0 Å². The van der Waals surface area contributed by atoms with Gasteiger partial charge in [0.2, 0.25) is 0 Å². The number of unbranched alkanes of at least 4 members (excludes halogenated alkanes) is 16. The lowest BCUT2D eigenvalue weighted by Crippen LogP contribution is -2.30. The molecular formula is C61H98O6. The number of hydrogen-bond donors (Lipinski definition) is 0. The Labute approximate surface area is 412 Å². The van der Waals surface area contributed by atoms with Gasteiger partial charge in [0, 0.05) is 19.3 Å². The molecular weight excluding hydrogens is 829 g/mol. The van der Waals surface area contributed by atoms with E-state index in [1.165, 1.54) is 64.2 Å². The molecule has 0 radical (unpaired) electrons. The van der Waals surface area contributed by atoms with Crippen LogP contribution in [0.4, 0.5) is 0 Å². The van der Waals surface area contributed by atoms with Crippen LogP contribution in [0, 0.1) is 0 Å². The summed E-state index contributed by atoms with van der Waals surface area (Å²) in [5, 5.41) is 0. The highest BCUT2D eigenvalue weighted by Crippen LogP contribution is 2.13. The fraction of sp³-hybridized carbons (Fsp3) is 0.623. The zero-order valence-corrected chi connectivity index (χ0v) is 43.1. The van der Waals surface area contributed by atoms with Gasteiger partial charge >= 0.3 is 17.9 Å². The Hall–Kier alpha value is -4.19. The lowest BCUT2D eigenvalue weighted by molar-refractivity contribution is -0.167. The van der Waals surface area contributed by atoms with Gasteiger partial charge < -0.3 is 14.2 Å². The summed E-state index contributed by atoms with van der Waals surface area (Å²) in [5.74, 6) is -0.954.